The molecular formula is C21H26Cl2F2N2O. The van der Waals surface area contributed by atoms with E-state index in [9.17, 15) is 13.6 Å². The summed E-state index contributed by atoms with van der Waals surface area (Å²) in [4.78, 5) is 16.9. The van der Waals surface area contributed by atoms with Crippen LogP contribution in [0.1, 0.15) is 28.8 Å². The Bertz CT molecular complexity index is 775. The molecule has 28 heavy (non-hydrogen) atoms. The normalized spacial score (nSPS) is 14.7. The molecule has 2 aromatic carbocycles. The number of piperidine rings is 1. The zero-order valence-electron chi connectivity index (χ0n) is 16.0. The molecule has 1 fully saturated rings. The minimum Gasteiger partial charge on any atom is -0.372 e. The summed E-state index contributed by atoms with van der Waals surface area (Å²) < 4.78 is 27.6. The van der Waals surface area contributed by atoms with Crippen LogP contribution in [0.3, 0.4) is 0 Å². The molecule has 0 atom stereocenters. The predicted molar refractivity (Wildman–Crippen MR) is 114 cm³/mol. The van der Waals surface area contributed by atoms with Gasteiger partial charge in [-0.15, -0.1) is 24.8 Å². The van der Waals surface area contributed by atoms with Crippen molar-refractivity contribution in [3.8, 4) is 0 Å². The number of carbonyl (C=O) groups is 1. The van der Waals surface area contributed by atoms with Gasteiger partial charge in [-0.25, -0.2) is 8.78 Å². The lowest BCUT2D eigenvalue weighted by atomic mass is 10.00. The van der Waals surface area contributed by atoms with Crippen molar-refractivity contribution in [2.24, 2.45) is 0 Å². The molecule has 0 aliphatic carbocycles. The highest BCUT2D eigenvalue weighted by Gasteiger charge is 2.22. The quantitative estimate of drug-likeness (QED) is 0.638. The van der Waals surface area contributed by atoms with E-state index in [1.807, 2.05) is 24.3 Å². The second-order valence-electron chi connectivity index (χ2n) is 7.01. The lowest BCUT2D eigenvalue weighted by molar-refractivity contribution is 0.0985. The number of ketones is 1. The fraction of sp³-hybridized carbons (Fsp3) is 0.381. The van der Waals surface area contributed by atoms with Gasteiger partial charge in [0, 0.05) is 25.2 Å². The zero-order chi connectivity index (χ0) is 18.7. The second-order valence-corrected chi connectivity index (χ2v) is 7.01. The van der Waals surface area contributed by atoms with Gasteiger partial charge in [-0.1, -0.05) is 18.2 Å². The van der Waals surface area contributed by atoms with Gasteiger partial charge in [0.05, 0.1) is 5.56 Å². The van der Waals surface area contributed by atoms with Gasteiger partial charge < -0.3 is 9.80 Å². The first-order chi connectivity index (χ1) is 12.5. The Balaban J connectivity index is 0.00000196. The van der Waals surface area contributed by atoms with Crippen molar-refractivity contribution in [3.05, 3.63) is 65.2 Å². The Morgan fingerprint density at radius 3 is 2.25 bits per heavy atom. The molecule has 0 bridgehead atoms. The predicted octanol–water partition coefficient (Wildman–Crippen LogP) is 4.76. The van der Waals surface area contributed by atoms with Crippen LogP contribution in [0.5, 0.6) is 0 Å². The fourth-order valence-electron chi connectivity index (χ4n) is 3.52. The smallest absolute Gasteiger partial charge is 0.173 e. The standard InChI is InChI=1S/C21H24F2N2O.2ClH/c1-24-11-9-16(10-12-24)25(2)17-6-3-5-15(13-17)14-20(26)21-18(22)7-4-8-19(21)23;;/h3-8,13,16H,9-12,14H2,1-2H3;2*1H. The first kappa shape index (κ1) is 24.3. The number of anilines is 1. The van der Waals surface area contributed by atoms with E-state index in [1.165, 1.54) is 6.07 Å². The molecule has 0 saturated carbocycles. The van der Waals surface area contributed by atoms with Crippen LogP contribution < -0.4 is 4.90 Å². The number of hydrogen-bond acceptors (Lipinski definition) is 3. The van der Waals surface area contributed by atoms with E-state index in [4.69, 9.17) is 0 Å². The molecule has 2 aromatic rings. The van der Waals surface area contributed by atoms with Gasteiger partial charge >= 0.3 is 0 Å². The van der Waals surface area contributed by atoms with Crippen LogP contribution in [0.4, 0.5) is 14.5 Å². The minimum absolute atomic E-state index is 0. The average molecular weight is 431 g/mol. The number of hydrogen-bond donors (Lipinski definition) is 0. The van der Waals surface area contributed by atoms with Crippen LogP contribution in [-0.4, -0.2) is 43.9 Å². The Morgan fingerprint density at radius 2 is 1.64 bits per heavy atom. The summed E-state index contributed by atoms with van der Waals surface area (Å²) >= 11 is 0. The van der Waals surface area contributed by atoms with E-state index in [0.29, 0.717) is 6.04 Å². The molecule has 0 N–H and O–H groups in total. The Kier molecular flexibility index (Phi) is 9.34. The first-order valence-corrected chi connectivity index (χ1v) is 8.93. The lowest BCUT2D eigenvalue weighted by Crippen LogP contribution is -2.42. The highest BCUT2D eigenvalue weighted by atomic mass is 35.5. The molecule has 154 valence electrons. The van der Waals surface area contributed by atoms with E-state index < -0.39 is 23.0 Å². The van der Waals surface area contributed by atoms with Gasteiger partial charge in [0.15, 0.2) is 5.78 Å². The van der Waals surface area contributed by atoms with E-state index in [0.717, 1.165) is 49.3 Å². The number of rotatable bonds is 5. The third-order valence-electron chi connectivity index (χ3n) is 5.16. The molecular weight excluding hydrogens is 405 g/mol. The maximum Gasteiger partial charge on any atom is 0.173 e. The number of nitrogens with zero attached hydrogens (tertiary/aromatic N) is 2. The van der Waals surface area contributed by atoms with E-state index >= 15 is 0 Å². The second kappa shape index (κ2) is 10.7. The molecule has 0 unspecified atom stereocenters. The zero-order valence-corrected chi connectivity index (χ0v) is 17.7. The van der Waals surface area contributed by atoms with Gasteiger partial charge in [0.25, 0.3) is 0 Å². The monoisotopic (exact) mass is 430 g/mol. The minimum atomic E-state index is -0.811. The molecule has 7 heteroatoms. The molecule has 1 heterocycles. The third kappa shape index (κ3) is 5.66. The molecule has 0 aromatic heterocycles. The van der Waals surface area contributed by atoms with Crippen molar-refractivity contribution in [1.82, 2.24) is 4.90 Å². The van der Waals surface area contributed by atoms with E-state index in [-0.39, 0.29) is 31.2 Å². The van der Waals surface area contributed by atoms with Gasteiger partial charge in [0.2, 0.25) is 0 Å². The van der Waals surface area contributed by atoms with Crippen molar-refractivity contribution in [2.75, 3.05) is 32.1 Å². The van der Waals surface area contributed by atoms with Crippen LogP contribution in [0, 0.1) is 11.6 Å². The Morgan fingerprint density at radius 1 is 1.07 bits per heavy atom. The average Bonchev–Trinajstić information content (AvgIpc) is 2.62. The van der Waals surface area contributed by atoms with Crippen LogP contribution in [0.2, 0.25) is 0 Å². The number of Topliss-reactive ketones (excluding diaryl/α,β-unsaturated/α-hetero) is 1. The highest BCUT2D eigenvalue weighted by molar-refractivity contribution is 5.98. The molecule has 0 spiro atoms. The largest absolute Gasteiger partial charge is 0.372 e. The molecule has 1 saturated heterocycles. The summed E-state index contributed by atoms with van der Waals surface area (Å²) in [7, 11) is 4.19. The molecule has 3 nitrogen and oxygen atoms in total. The van der Waals surface area contributed by atoms with Gasteiger partial charge in [-0.3, -0.25) is 4.79 Å². The van der Waals surface area contributed by atoms with E-state index in [1.54, 1.807) is 0 Å². The summed E-state index contributed by atoms with van der Waals surface area (Å²) in [5, 5.41) is 0. The number of benzene rings is 2. The van der Waals surface area contributed by atoms with Crippen LogP contribution in [-0.2, 0) is 6.42 Å². The van der Waals surface area contributed by atoms with Crippen molar-refractivity contribution < 1.29 is 13.6 Å². The lowest BCUT2D eigenvalue weighted by Gasteiger charge is -2.36. The van der Waals surface area contributed by atoms with Crippen molar-refractivity contribution in [1.29, 1.82) is 0 Å². The number of likely N-dealkylation sites (tertiary alicyclic amines) is 1. The Hall–Kier alpha value is -1.69. The molecule has 1 aliphatic rings. The highest BCUT2D eigenvalue weighted by Crippen LogP contribution is 2.24. The number of halogens is 4. The molecule has 0 radical (unpaired) electrons. The van der Waals surface area contributed by atoms with Crippen molar-refractivity contribution >= 4 is 36.3 Å². The summed E-state index contributed by atoms with van der Waals surface area (Å²) in [6.45, 7) is 2.14. The topological polar surface area (TPSA) is 23.6 Å². The van der Waals surface area contributed by atoms with Crippen LogP contribution in [0.15, 0.2) is 42.5 Å². The van der Waals surface area contributed by atoms with Crippen molar-refractivity contribution in [2.45, 2.75) is 25.3 Å². The molecule has 3 rings (SSSR count). The van der Waals surface area contributed by atoms with Crippen LogP contribution in [0.25, 0.3) is 0 Å². The fourth-order valence-corrected chi connectivity index (χ4v) is 3.52. The molecule has 1 aliphatic heterocycles. The summed E-state index contributed by atoms with van der Waals surface area (Å²) in [6, 6.07) is 11.6. The maximum absolute atomic E-state index is 13.8. The van der Waals surface area contributed by atoms with E-state index in [2.05, 4.69) is 23.9 Å². The van der Waals surface area contributed by atoms with Crippen molar-refractivity contribution in [3.63, 3.8) is 0 Å². The SMILES string of the molecule is CN1CCC(N(C)c2cccc(CC(=O)c3c(F)cccc3F)c2)CC1.Cl.Cl. The number of carbonyl (C=O) groups excluding carboxylic acids is 1. The maximum atomic E-state index is 13.8. The molecule has 0 amide bonds. The van der Waals surface area contributed by atoms with Gasteiger partial charge in [-0.2, -0.15) is 0 Å². The summed E-state index contributed by atoms with van der Waals surface area (Å²) in [5.41, 5.74) is 1.33. The van der Waals surface area contributed by atoms with Gasteiger partial charge in [-0.05, 0) is 62.8 Å². The first-order valence-electron chi connectivity index (χ1n) is 8.93. The third-order valence-corrected chi connectivity index (χ3v) is 5.16. The Labute approximate surface area is 177 Å². The summed E-state index contributed by atoms with van der Waals surface area (Å²) in [5.74, 6) is -2.16. The van der Waals surface area contributed by atoms with Crippen LogP contribution >= 0.6 is 24.8 Å². The summed E-state index contributed by atoms with van der Waals surface area (Å²) in [6.07, 6.45) is 2.17. The van der Waals surface area contributed by atoms with Gasteiger partial charge in [0.1, 0.15) is 11.6 Å².